The summed E-state index contributed by atoms with van der Waals surface area (Å²) in [4.78, 5) is 4.03. The van der Waals surface area contributed by atoms with Gasteiger partial charge in [-0.05, 0) is 36.8 Å². The third-order valence-corrected chi connectivity index (χ3v) is 3.22. The minimum absolute atomic E-state index is 0.0381. The van der Waals surface area contributed by atoms with Gasteiger partial charge >= 0.3 is 6.36 Å². The summed E-state index contributed by atoms with van der Waals surface area (Å²) >= 11 is 0. The van der Waals surface area contributed by atoms with E-state index in [-0.39, 0.29) is 18.3 Å². The molecular weight excluding hydrogens is 335 g/mol. The van der Waals surface area contributed by atoms with Crippen LogP contribution in [0, 0.1) is 6.92 Å². The van der Waals surface area contributed by atoms with Gasteiger partial charge in [0.1, 0.15) is 5.75 Å². The Bertz CT molecular complexity index is 731. The summed E-state index contributed by atoms with van der Waals surface area (Å²) in [7, 11) is 0. The Hall–Kier alpha value is -2.74. The van der Waals surface area contributed by atoms with Crippen LogP contribution in [0.4, 0.5) is 18.9 Å². The summed E-state index contributed by atoms with van der Waals surface area (Å²) in [6.45, 7) is 1.97. The van der Waals surface area contributed by atoms with Gasteiger partial charge in [0, 0.05) is 5.69 Å². The standard InChI is InChI=1S/C17H18F3N3O2/c1-11-3-2-4-12(9-11)15(24)10-22-16(21)23-13-5-7-14(8-6-13)25-17(18,19)20/h2-9,15,24H,10H2,1H3,(H3,21,22,23). The number of nitrogens with one attached hydrogen (secondary N) is 1. The fourth-order valence-corrected chi connectivity index (χ4v) is 2.09. The minimum atomic E-state index is -4.73. The highest BCUT2D eigenvalue weighted by Gasteiger charge is 2.30. The lowest BCUT2D eigenvalue weighted by atomic mass is 10.1. The van der Waals surface area contributed by atoms with Gasteiger partial charge in [0.2, 0.25) is 0 Å². The number of aliphatic imine (C=N–C) groups is 1. The van der Waals surface area contributed by atoms with Crippen LogP contribution >= 0.6 is 0 Å². The molecule has 2 rings (SSSR count). The van der Waals surface area contributed by atoms with Crippen LogP contribution in [-0.4, -0.2) is 24.0 Å². The number of anilines is 1. The van der Waals surface area contributed by atoms with Crippen LogP contribution in [0.15, 0.2) is 53.5 Å². The van der Waals surface area contributed by atoms with Gasteiger partial charge in [-0.3, -0.25) is 4.99 Å². The summed E-state index contributed by atoms with van der Waals surface area (Å²) in [6, 6.07) is 12.5. The van der Waals surface area contributed by atoms with Crippen molar-refractivity contribution in [2.45, 2.75) is 19.4 Å². The van der Waals surface area contributed by atoms with Crippen LogP contribution < -0.4 is 15.8 Å². The van der Waals surface area contributed by atoms with E-state index < -0.39 is 12.5 Å². The van der Waals surface area contributed by atoms with Gasteiger partial charge in [-0.2, -0.15) is 0 Å². The molecule has 5 nitrogen and oxygen atoms in total. The number of nitrogens with zero attached hydrogens (tertiary/aromatic N) is 1. The smallest absolute Gasteiger partial charge is 0.406 e. The first kappa shape index (κ1) is 18.6. The third kappa shape index (κ3) is 6.34. The van der Waals surface area contributed by atoms with Crippen LogP contribution in [0.5, 0.6) is 5.75 Å². The molecule has 0 spiro atoms. The van der Waals surface area contributed by atoms with Crippen LogP contribution in [-0.2, 0) is 0 Å². The summed E-state index contributed by atoms with van der Waals surface area (Å²) < 4.78 is 40.1. The lowest BCUT2D eigenvalue weighted by molar-refractivity contribution is -0.274. The molecule has 0 aliphatic rings. The van der Waals surface area contributed by atoms with E-state index in [9.17, 15) is 18.3 Å². The fourth-order valence-electron chi connectivity index (χ4n) is 2.09. The Morgan fingerprint density at radius 2 is 1.92 bits per heavy atom. The molecule has 0 saturated carbocycles. The fraction of sp³-hybridized carbons (Fsp3) is 0.235. The molecule has 1 atom stereocenters. The van der Waals surface area contributed by atoms with Crippen molar-refractivity contribution in [3.8, 4) is 5.75 Å². The Balaban J connectivity index is 1.92. The van der Waals surface area contributed by atoms with Crippen molar-refractivity contribution in [2.24, 2.45) is 10.7 Å². The number of benzene rings is 2. The van der Waals surface area contributed by atoms with Gasteiger partial charge in [0.15, 0.2) is 5.96 Å². The lowest BCUT2D eigenvalue weighted by Crippen LogP contribution is -2.23. The van der Waals surface area contributed by atoms with E-state index >= 15 is 0 Å². The van der Waals surface area contributed by atoms with Gasteiger partial charge in [0.05, 0.1) is 12.6 Å². The Labute approximate surface area is 143 Å². The number of nitrogens with two attached hydrogens (primary N) is 1. The first-order chi connectivity index (χ1) is 11.7. The maximum atomic E-state index is 12.1. The number of guanidine groups is 1. The van der Waals surface area contributed by atoms with E-state index in [0.29, 0.717) is 5.69 Å². The van der Waals surface area contributed by atoms with Gasteiger partial charge in [-0.1, -0.05) is 29.8 Å². The van der Waals surface area contributed by atoms with Gasteiger partial charge < -0.3 is 20.9 Å². The Morgan fingerprint density at radius 3 is 2.52 bits per heavy atom. The molecule has 25 heavy (non-hydrogen) atoms. The lowest BCUT2D eigenvalue weighted by Gasteiger charge is -2.11. The van der Waals surface area contributed by atoms with Crippen LogP contribution in [0.3, 0.4) is 0 Å². The highest BCUT2D eigenvalue weighted by atomic mass is 19.4. The second-order valence-electron chi connectivity index (χ2n) is 5.35. The van der Waals surface area contributed by atoms with Crippen molar-refractivity contribution < 1.29 is 23.0 Å². The summed E-state index contributed by atoms with van der Waals surface area (Å²) in [5, 5.41) is 12.8. The van der Waals surface area contributed by atoms with Crippen LogP contribution in [0.25, 0.3) is 0 Å². The van der Waals surface area contributed by atoms with Gasteiger partial charge in [-0.15, -0.1) is 13.2 Å². The van der Waals surface area contributed by atoms with E-state index in [2.05, 4.69) is 15.0 Å². The molecule has 0 radical (unpaired) electrons. The molecule has 0 aliphatic carbocycles. The first-order valence-corrected chi connectivity index (χ1v) is 7.40. The van der Waals surface area contributed by atoms with Crippen molar-refractivity contribution >= 4 is 11.6 Å². The molecule has 134 valence electrons. The van der Waals surface area contributed by atoms with Crippen molar-refractivity contribution in [3.05, 3.63) is 59.7 Å². The largest absolute Gasteiger partial charge is 0.573 e. The predicted molar refractivity (Wildman–Crippen MR) is 89.4 cm³/mol. The topological polar surface area (TPSA) is 79.9 Å². The van der Waals surface area contributed by atoms with E-state index in [0.717, 1.165) is 23.3 Å². The number of aliphatic hydroxyl groups is 1. The summed E-state index contributed by atoms with van der Waals surface area (Å²) in [6.07, 6.45) is -5.54. The molecule has 4 N–H and O–H groups in total. The zero-order valence-corrected chi connectivity index (χ0v) is 13.4. The normalized spacial score (nSPS) is 13.4. The van der Waals surface area contributed by atoms with E-state index in [1.807, 2.05) is 25.1 Å². The molecule has 0 aromatic heterocycles. The molecule has 1 unspecified atom stereocenters. The van der Waals surface area contributed by atoms with E-state index in [4.69, 9.17) is 5.73 Å². The quantitative estimate of drug-likeness (QED) is 0.569. The highest BCUT2D eigenvalue weighted by molar-refractivity contribution is 5.92. The van der Waals surface area contributed by atoms with Crippen molar-refractivity contribution in [2.75, 3.05) is 11.9 Å². The number of alkyl halides is 3. The number of hydrogen-bond acceptors (Lipinski definition) is 3. The van der Waals surface area contributed by atoms with Crippen molar-refractivity contribution in [1.82, 2.24) is 0 Å². The molecule has 2 aromatic rings. The molecule has 2 aromatic carbocycles. The van der Waals surface area contributed by atoms with Gasteiger partial charge in [-0.25, -0.2) is 0 Å². The molecular formula is C17H18F3N3O2. The van der Waals surface area contributed by atoms with E-state index in [1.54, 1.807) is 6.07 Å². The second-order valence-corrected chi connectivity index (χ2v) is 5.35. The zero-order valence-electron chi connectivity index (χ0n) is 13.4. The number of halogens is 3. The van der Waals surface area contributed by atoms with Crippen molar-refractivity contribution in [1.29, 1.82) is 0 Å². The first-order valence-electron chi connectivity index (χ1n) is 7.40. The molecule has 0 bridgehead atoms. The molecule has 0 fully saturated rings. The average molecular weight is 353 g/mol. The monoisotopic (exact) mass is 353 g/mol. The Morgan fingerprint density at radius 1 is 1.24 bits per heavy atom. The van der Waals surface area contributed by atoms with E-state index in [1.165, 1.54) is 12.1 Å². The molecule has 8 heteroatoms. The summed E-state index contributed by atoms with van der Waals surface area (Å²) in [5.74, 6) is -0.292. The number of hydrogen-bond donors (Lipinski definition) is 3. The molecule has 0 aliphatic heterocycles. The average Bonchev–Trinajstić information content (AvgIpc) is 2.53. The molecule has 0 saturated heterocycles. The Kier molecular flexibility index (Phi) is 5.87. The van der Waals surface area contributed by atoms with Crippen molar-refractivity contribution in [3.63, 3.8) is 0 Å². The molecule has 0 amide bonds. The SMILES string of the molecule is Cc1cccc(C(O)CN=C(N)Nc2ccc(OC(F)(F)F)cc2)c1. The maximum Gasteiger partial charge on any atom is 0.573 e. The van der Waals surface area contributed by atoms with Crippen LogP contribution in [0.2, 0.25) is 0 Å². The highest BCUT2D eigenvalue weighted by Crippen LogP contribution is 2.23. The number of rotatable bonds is 5. The number of aliphatic hydroxyl groups excluding tert-OH is 1. The number of ether oxygens (including phenoxy) is 1. The second kappa shape index (κ2) is 7.89. The van der Waals surface area contributed by atoms with Crippen LogP contribution in [0.1, 0.15) is 17.2 Å². The van der Waals surface area contributed by atoms with Gasteiger partial charge in [0.25, 0.3) is 0 Å². The predicted octanol–water partition coefficient (Wildman–Crippen LogP) is 3.35. The minimum Gasteiger partial charge on any atom is -0.406 e. The zero-order chi connectivity index (χ0) is 18.4. The summed E-state index contributed by atoms with van der Waals surface area (Å²) in [5.41, 5.74) is 7.91. The third-order valence-electron chi connectivity index (χ3n) is 3.22. The maximum absolute atomic E-state index is 12.1. The molecule has 0 heterocycles. The number of aryl methyl sites for hydroxylation is 1.